The number of aromatic hydroxyl groups is 1. The Morgan fingerprint density at radius 1 is 1.44 bits per heavy atom. The van der Waals surface area contributed by atoms with Crippen molar-refractivity contribution in [3.63, 3.8) is 0 Å². The molecule has 5 heteroatoms. The Kier molecular flexibility index (Phi) is 4.09. The molecule has 2 aromatic rings. The fourth-order valence-electron chi connectivity index (χ4n) is 1.58. The van der Waals surface area contributed by atoms with E-state index in [1.807, 2.05) is 31.2 Å². The Balaban J connectivity index is 2.11. The van der Waals surface area contributed by atoms with Gasteiger partial charge in [-0.3, -0.25) is 0 Å². The van der Waals surface area contributed by atoms with E-state index in [2.05, 4.69) is 26.2 Å². The van der Waals surface area contributed by atoms with Gasteiger partial charge in [0.25, 0.3) is 0 Å². The van der Waals surface area contributed by atoms with Crippen molar-refractivity contribution in [3.05, 3.63) is 51.2 Å². The molecule has 3 nitrogen and oxygen atoms in total. The SMILES string of the molecule is Cc1cccc(CNc2cnc(Cl)c(Br)c2)c1O. The lowest BCUT2D eigenvalue weighted by molar-refractivity contribution is 0.465. The number of halogens is 2. The molecule has 1 aromatic carbocycles. The van der Waals surface area contributed by atoms with Gasteiger partial charge in [0.2, 0.25) is 0 Å². The summed E-state index contributed by atoms with van der Waals surface area (Å²) in [5, 5.41) is 13.5. The zero-order valence-corrected chi connectivity index (χ0v) is 12.1. The van der Waals surface area contributed by atoms with E-state index in [1.54, 1.807) is 6.20 Å². The van der Waals surface area contributed by atoms with E-state index in [4.69, 9.17) is 11.6 Å². The molecule has 2 rings (SSSR count). The molecule has 18 heavy (non-hydrogen) atoms. The molecule has 1 heterocycles. The number of aromatic nitrogens is 1. The summed E-state index contributed by atoms with van der Waals surface area (Å²) in [6.45, 7) is 2.41. The van der Waals surface area contributed by atoms with E-state index >= 15 is 0 Å². The zero-order valence-electron chi connectivity index (χ0n) is 9.74. The molecule has 2 N–H and O–H groups in total. The smallest absolute Gasteiger partial charge is 0.143 e. The maximum Gasteiger partial charge on any atom is 0.143 e. The summed E-state index contributed by atoms with van der Waals surface area (Å²) in [4.78, 5) is 4.02. The van der Waals surface area contributed by atoms with Gasteiger partial charge in [-0.25, -0.2) is 4.98 Å². The number of rotatable bonds is 3. The van der Waals surface area contributed by atoms with Gasteiger partial charge in [0.15, 0.2) is 0 Å². The quantitative estimate of drug-likeness (QED) is 0.833. The van der Waals surface area contributed by atoms with Gasteiger partial charge in [-0.05, 0) is 34.5 Å². The summed E-state index contributed by atoms with van der Waals surface area (Å²) in [7, 11) is 0. The maximum absolute atomic E-state index is 9.89. The molecule has 0 bridgehead atoms. The Hall–Kier alpha value is -1.26. The molecule has 0 amide bonds. The Morgan fingerprint density at radius 2 is 2.22 bits per heavy atom. The highest BCUT2D eigenvalue weighted by Crippen LogP contribution is 2.25. The number of pyridine rings is 1. The fraction of sp³-hybridized carbons (Fsp3) is 0.154. The van der Waals surface area contributed by atoms with Crippen LogP contribution >= 0.6 is 27.5 Å². The second-order valence-electron chi connectivity index (χ2n) is 3.93. The standard InChI is InChI=1S/C13H12BrClN2O/c1-8-3-2-4-9(12(8)18)6-16-10-5-11(14)13(15)17-7-10/h2-5,7,16,18H,6H2,1H3. The molecule has 1 aromatic heterocycles. The normalized spacial score (nSPS) is 10.4. The van der Waals surface area contributed by atoms with E-state index in [1.165, 1.54) is 0 Å². The summed E-state index contributed by atoms with van der Waals surface area (Å²) < 4.78 is 0.739. The van der Waals surface area contributed by atoms with Crippen LogP contribution < -0.4 is 5.32 Å². The lowest BCUT2D eigenvalue weighted by Gasteiger charge is -2.10. The third-order valence-electron chi connectivity index (χ3n) is 2.60. The summed E-state index contributed by atoms with van der Waals surface area (Å²) in [5.74, 6) is 0.325. The molecule has 0 spiro atoms. The summed E-state index contributed by atoms with van der Waals surface area (Å²) in [5.41, 5.74) is 2.55. The van der Waals surface area contributed by atoms with E-state index in [-0.39, 0.29) is 0 Å². The summed E-state index contributed by atoms with van der Waals surface area (Å²) in [6, 6.07) is 7.53. The fourth-order valence-corrected chi connectivity index (χ4v) is 2.03. The second-order valence-corrected chi connectivity index (χ2v) is 5.15. The number of hydrogen-bond acceptors (Lipinski definition) is 3. The lowest BCUT2D eigenvalue weighted by Crippen LogP contribution is -2.00. The van der Waals surface area contributed by atoms with Crippen molar-refractivity contribution in [1.82, 2.24) is 4.98 Å². The highest BCUT2D eigenvalue weighted by atomic mass is 79.9. The van der Waals surface area contributed by atoms with Crippen LogP contribution in [0.25, 0.3) is 0 Å². The highest BCUT2D eigenvalue weighted by molar-refractivity contribution is 9.10. The van der Waals surface area contributed by atoms with Crippen LogP contribution in [-0.4, -0.2) is 10.1 Å². The number of benzene rings is 1. The van der Waals surface area contributed by atoms with Crippen LogP contribution in [0, 0.1) is 6.92 Å². The molecule has 0 atom stereocenters. The average Bonchev–Trinajstić information content (AvgIpc) is 2.35. The zero-order chi connectivity index (χ0) is 13.1. The molecule has 0 radical (unpaired) electrons. The number of nitrogens with one attached hydrogen (secondary N) is 1. The molecule has 0 saturated carbocycles. The van der Waals surface area contributed by atoms with Crippen LogP contribution in [0.1, 0.15) is 11.1 Å². The van der Waals surface area contributed by atoms with Crippen molar-refractivity contribution in [2.75, 3.05) is 5.32 Å². The van der Waals surface area contributed by atoms with Gasteiger partial charge in [0, 0.05) is 12.1 Å². The Labute approximate surface area is 119 Å². The van der Waals surface area contributed by atoms with E-state index in [9.17, 15) is 5.11 Å². The van der Waals surface area contributed by atoms with Gasteiger partial charge in [0.05, 0.1) is 16.4 Å². The molecule has 0 fully saturated rings. The summed E-state index contributed by atoms with van der Waals surface area (Å²) in [6.07, 6.45) is 1.65. The number of aryl methyl sites for hydroxylation is 1. The van der Waals surface area contributed by atoms with Crippen LogP contribution in [0.3, 0.4) is 0 Å². The average molecular weight is 328 g/mol. The van der Waals surface area contributed by atoms with E-state index in [0.29, 0.717) is 17.4 Å². The second kappa shape index (κ2) is 5.59. The van der Waals surface area contributed by atoms with Gasteiger partial charge in [0.1, 0.15) is 10.9 Å². The number of anilines is 1. The van der Waals surface area contributed by atoms with Gasteiger partial charge < -0.3 is 10.4 Å². The number of nitrogens with zero attached hydrogens (tertiary/aromatic N) is 1. The molecule has 94 valence electrons. The van der Waals surface area contributed by atoms with Crippen LogP contribution in [-0.2, 0) is 6.54 Å². The molecule has 0 aliphatic carbocycles. The van der Waals surface area contributed by atoms with Gasteiger partial charge in [-0.2, -0.15) is 0 Å². The van der Waals surface area contributed by atoms with Crippen molar-refractivity contribution >= 4 is 33.2 Å². The molecule has 0 aliphatic heterocycles. The lowest BCUT2D eigenvalue weighted by atomic mass is 10.1. The van der Waals surface area contributed by atoms with Crippen LogP contribution in [0.15, 0.2) is 34.9 Å². The first-order chi connectivity index (χ1) is 8.58. The number of phenols is 1. The van der Waals surface area contributed by atoms with Crippen LogP contribution in [0.4, 0.5) is 5.69 Å². The predicted molar refractivity (Wildman–Crippen MR) is 77.1 cm³/mol. The minimum absolute atomic E-state index is 0.325. The van der Waals surface area contributed by atoms with Gasteiger partial charge in [-0.15, -0.1) is 0 Å². The first-order valence-corrected chi connectivity index (χ1v) is 6.57. The monoisotopic (exact) mass is 326 g/mol. The number of hydrogen-bond donors (Lipinski definition) is 2. The van der Waals surface area contributed by atoms with Crippen molar-refractivity contribution in [2.24, 2.45) is 0 Å². The van der Waals surface area contributed by atoms with Crippen molar-refractivity contribution < 1.29 is 5.11 Å². The first kappa shape index (κ1) is 13.2. The number of phenolic OH excluding ortho intramolecular Hbond substituents is 1. The minimum atomic E-state index is 0.325. The van der Waals surface area contributed by atoms with Crippen molar-refractivity contribution in [1.29, 1.82) is 0 Å². The van der Waals surface area contributed by atoms with Crippen LogP contribution in [0.5, 0.6) is 5.75 Å². The molecule has 0 unspecified atom stereocenters. The highest BCUT2D eigenvalue weighted by Gasteiger charge is 2.04. The first-order valence-electron chi connectivity index (χ1n) is 5.40. The third-order valence-corrected chi connectivity index (χ3v) is 3.73. The maximum atomic E-state index is 9.89. The largest absolute Gasteiger partial charge is 0.507 e. The topological polar surface area (TPSA) is 45.2 Å². The van der Waals surface area contributed by atoms with E-state index in [0.717, 1.165) is 21.3 Å². The number of para-hydroxylation sites is 1. The van der Waals surface area contributed by atoms with Gasteiger partial charge in [-0.1, -0.05) is 29.8 Å². The molecular formula is C13H12BrClN2O. The molecule has 0 aliphatic rings. The molecular weight excluding hydrogens is 316 g/mol. The summed E-state index contributed by atoms with van der Waals surface area (Å²) >= 11 is 9.13. The van der Waals surface area contributed by atoms with Crippen LogP contribution in [0.2, 0.25) is 5.15 Å². The third kappa shape index (κ3) is 2.94. The molecule has 0 saturated heterocycles. The Morgan fingerprint density at radius 3 is 2.94 bits per heavy atom. The van der Waals surface area contributed by atoms with E-state index < -0.39 is 0 Å². The van der Waals surface area contributed by atoms with Crippen molar-refractivity contribution in [3.8, 4) is 5.75 Å². The van der Waals surface area contributed by atoms with Crippen molar-refractivity contribution in [2.45, 2.75) is 13.5 Å². The Bertz CT molecular complexity index is 575. The predicted octanol–water partition coefficient (Wildman–Crippen LogP) is 4.12. The van der Waals surface area contributed by atoms with Gasteiger partial charge >= 0.3 is 0 Å². The minimum Gasteiger partial charge on any atom is -0.507 e.